The van der Waals surface area contributed by atoms with Gasteiger partial charge in [-0.2, -0.15) is 0 Å². The van der Waals surface area contributed by atoms with Crippen molar-refractivity contribution in [2.45, 2.75) is 18.6 Å². The number of benzene rings is 1. The van der Waals surface area contributed by atoms with Crippen LogP contribution in [0.3, 0.4) is 0 Å². The fourth-order valence-corrected chi connectivity index (χ4v) is 3.06. The molecule has 7 heteroatoms. The molecule has 1 saturated heterocycles. The van der Waals surface area contributed by atoms with Gasteiger partial charge in [0.05, 0.1) is 25.4 Å². The monoisotopic (exact) mass is 298 g/mol. The Hall–Kier alpha value is -1.44. The van der Waals surface area contributed by atoms with Crippen molar-refractivity contribution in [3.63, 3.8) is 0 Å². The summed E-state index contributed by atoms with van der Waals surface area (Å²) < 4.78 is 24.4. The van der Waals surface area contributed by atoms with Crippen LogP contribution < -0.4 is 4.72 Å². The molecule has 110 valence electrons. The Morgan fingerprint density at radius 3 is 2.40 bits per heavy atom. The average Bonchev–Trinajstić information content (AvgIpc) is 2.33. The first kappa shape index (κ1) is 15.0. The standard InChI is InChI=1S/C13H18N2O4S/c1-10(14-20(2,18)19)12(16)15-8-13(17,9-15)11-6-4-3-5-7-11/h3-7,10,14,17H,8-9H2,1-2H3. The lowest BCUT2D eigenvalue weighted by Gasteiger charge is -2.47. The second kappa shape index (κ2) is 5.16. The Labute approximate surface area is 118 Å². The third-order valence-electron chi connectivity index (χ3n) is 3.29. The van der Waals surface area contributed by atoms with Crippen molar-refractivity contribution in [3.8, 4) is 0 Å². The third-order valence-corrected chi connectivity index (χ3v) is 4.07. The van der Waals surface area contributed by atoms with Gasteiger partial charge in [0.2, 0.25) is 15.9 Å². The fraction of sp³-hybridized carbons (Fsp3) is 0.462. The molecule has 2 rings (SSSR count). The maximum Gasteiger partial charge on any atom is 0.240 e. The molecule has 1 aromatic rings. The number of nitrogens with one attached hydrogen (secondary N) is 1. The summed E-state index contributed by atoms with van der Waals surface area (Å²) in [6.07, 6.45) is 1.01. The van der Waals surface area contributed by atoms with E-state index >= 15 is 0 Å². The summed E-state index contributed by atoms with van der Waals surface area (Å²) in [6.45, 7) is 1.83. The largest absolute Gasteiger partial charge is 0.381 e. The summed E-state index contributed by atoms with van der Waals surface area (Å²) in [5.41, 5.74) is -0.283. The summed E-state index contributed by atoms with van der Waals surface area (Å²) >= 11 is 0. The number of likely N-dealkylation sites (tertiary alicyclic amines) is 1. The molecule has 1 aromatic carbocycles. The van der Waals surface area contributed by atoms with Crippen molar-refractivity contribution >= 4 is 15.9 Å². The summed E-state index contributed by atoms with van der Waals surface area (Å²) in [4.78, 5) is 13.5. The van der Waals surface area contributed by atoms with Crippen molar-refractivity contribution < 1.29 is 18.3 Å². The number of aliphatic hydroxyl groups is 1. The van der Waals surface area contributed by atoms with E-state index in [1.807, 2.05) is 18.2 Å². The van der Waals surface area contributed by atoms with Gasteiger partial charge in [0.15, 0.2) is 0 Å². The molecule has 1 aliphatic rings. The maximum atomic E-state index is 12.0. The van der Waals surface area contributed by atoms with Crippen molar-refractivity contribution in [1.29, 1.82) is 0 Å². The lowest BCUT2D eigenvalue weighted by Crippen LogP contribution is -2.64. The summed E-state index contributed by atoms with van der Waals surface area (Å²) in [6, 6.07) is 8.29. The molecule has 0 spiro atoms. The molecule has 2 N–H and O–H groups in total. The van der Waals surface area contributed by atoms with Gasteiger partial charge in [-0.05, 0) is 12.5 Å². The number of hydrogen-bond donors (Lipinski definition) is 2. The van der Waals surface area contributed by atoms with Gasteiger partial charge in [0.25, 0.3) is 0 Å². The van der Waals surface area contributed by atoms with Crippen LogP contribution in [0.4, 0.5) is 0 Å². The van der Waals surface area contributed by atoms with Crippen molar-refractivity contribution in [2.75, 3.05) is 19.3 Å². The molecule has 1 unspecified atom stereocenters. The highest BCUT2D eigenvalue weighted by Gasteiger charge is 2.45. The first-order valence-corrected chi connectivity index (χ1v) is 8.14. The fourth-order valence-electron chi connectivity index (χ4n) is 2.32. The van der Waals surface area contributed by atoms with Gasteiger partial charge in [-0.15, -0.1) is 0 Å². The van der Waals surface area contributed by atoms with E-state index < -0.39 is 21.7 Å². The van der Waals surface area contributed by atoms with Gasteiger partial charge in [-0.25, -0.2) is 13.1 Å². The van der Waals surface area contributed by atoms with Crippen LogP contribution in [0.2, 0.25) is 0 Å². The number of nitrogens with zero attached hydrogens (tertiary/aromatic N) is 1. The van der Waals surface area contributed by atoms with Crippen LogP contribution in [-0.4, -0.2) is 49.7 Å². The van der Waals surface area contributed by atoms with E-state index in [-0.39, 0.29) is 19.0 Å². The number of β-amino-alcohol motifs (C(OH)–C–C–N with tert-alkyl or cyclic N) is 1. The predicted molar refractivity (Wildman–Crippen MR) is 74.4 cm³/mol. The quantitative estimate of drug-likeness (QED) is 0.796. The number of carbonyl (C=O) groups is 1. The van der Waals surface area contributed by atoms with Crippen LogP contribution in [0.25, 0.3) is 0 Å². The highest BCUT2D eigenvalue weighted by atomic mass is 32.2. The van der Waals surface area contributed by atoms with Gasteiger partial charge in [0, 0.05) is 0 Å². The molecular formula is C13H18N2O4S. The van der Waals surface area contributed by atoms with Crippen LogP contribution in [0.1, 0.15) is 12.5 Å². The highest BCUT2D eigenvalue weighted by Crippen LogP contribution is 2.31. The molecule has 0 aromatic heterocycles. The third kappa shape index (κ3) is 3.17. The molecule has 1 aliphatic heterocycles. The number of amides is 1. The maximum absolute atomic E-state index is 12.0. The van der Waals surface area contributed by atoms with Crippen molar-refractivity contribution in [1.82, 2.24) is 9.62 Å². The lowest BCUT2D eigenvalue weighted by atomic mass is 9.86. The van der Waals surface area contributed by atoms with E-state index in [1.165, 1.54) is 11.8 Å². The van der Waals surface area contributed by atoms with Gasteiger partial charge >= 0.3 is 0 Å². The van der Waals surface area contributed by atoms with E-state index in [1.54, 1.807) is 12.1 Å². The van der Waals surface area contributed by atoms with Gasteiger partial charge in [-0.3, -0.25) is 4.79 Å². The predicted octanol–water partition coefficient (Wildman–Crippen LogP) is -0.346. The molecule has 1 amide bonds. The zero-order valence-electron chi connectivity index (χ0n) is 11.4. The van der Waals surface area contributed by atoms with Crippen molar-refractivity contribution in [2.24, 2.45) is 0 Å². The number of sulfonamides is 1. The molecule has 1 atom stereocenters. The average molecular weight is 298 g/mol. The molecule has 0 aliphatic carbocycles. The summed E-state index contributed by atoms with van der Waals surface area (Å²) in [7, 11) is -3.43. The SMILES string of the molecule is CC(NS(C)(=O)=O)C(=O)N1CC(O)(c2ccccc2)C1. The molecule has 0 radical (unpaired) electrons. The van der Waals surface area contributed by atoms with Crippen molar-refractivity contribution in [3.05, 3.63) is 35.9 Å². The molecule has 6 nitrogen and oxygen atoms in total. The summed E-state index contributed by atoms with van der Waals surface area (Å²) in [5.74, 6) is -0.337. The van der Waals surface area contributed by atoms with Gasteiger partial charge in [-0.1, -0.05) is 30.3 Å². The minimum atomic E-state index is -3.43. The highest BCUT2D eigenvalue weighted by molar-refractivity contribution is 7.88. The molecule has 1 fully saturated rings. The number of rotatable bonds is 4. The van der Waals surface area contributed by atoms with Gasteiger partial charge < -0.3 is 10.0 Å². The minimum Gasteiger partial charge on any atom is -0.381 e. The Bertz CT molecular complexity index is 594. The second-order valence-corrected chi connectivity index (χ2v) is 6.98. The second-order valence-electron chi connectivity index (χ2n) is 5.20. The zero-order chi connectivity index (χ0) is 15.0. The van der Waals surface area contributed by atoms with E-state index in [0.717, 1.165) is 11.8 Å². The Morgan fingerprint density at radius 1 is 1.35 bits per heavy atom. The van der Waals surface area contributed by atoms with Crippen LogP contribution in [-0.2, 0) is 20.4 Å². The molecule has 0 saturated carbocycles. The number of carbonyl (C=O) groups excluding carboxylic acids is 1. The first-order chi connectivity index (χ1) is 9.21. The zero-order valence-corrected chi connectivity index (χ0v) is 12.2. The molecule has 20 heavy (non-hydrogen) atoms. The Morgan fingerprint density at radius 2 is 1.90 bits per heavy atom. The van der Waals surface area contributed by atoms with Crippen LogP contribution in [0.5, 0.6) is 0 Å². The van der Waals surface area contributed by atoms with E-state index in [0.29, 0.717) is 0 Å². The van der Waals surface area contributed by atoms with Gasteiger partial charge in [0.1, 0.15) is 5.60 Å². The van der Waals surface area contributed by atoms with Crippen LogP contribution >= 0.6 is 0 Å². The first-order valence-electron chi connectivity index (χ1n) is 6.25. The molecular weight excluding hydrogens is 280 g/mol. The minimum absolute atomic E-state index is 0.172. The molecule has 1 heterocycles. The topological polar surface area (TPSA) is 86.7 Å². The van der Waals surface area contributed by atoms with E-state index in [9.17, 15) is 18.3 Å². The Balaban J connectivity index is 1.98. The number of hydrogen-bond acceptors (Lipinski definition) is 4. The van der Waals surface area contributed by atoms with E-state index in [4.69, 9.17) is 0 Å². The smallest absolute Gasteiger partial charge is 0.240 e. The summed E-state index contributed by atoms with van der Waals surface area (Å²) in [5, 5.41) is 10.4. The molecule has 0 bridgehead atoms. The van der Waals surface area contributed by atoms with E-state index in [2.05, 4.69) is 4.72 Å². The Kier molecular flexibility index (Phi) is 3.86. The van der Waals surface area contributed by atoms with Crippen LogP contribution in [0, 0.1) is 0 Å². The normalized spacial score (nSPS) is 19.2. The lowest BCUT2D eigenvalue weighted by molar-refractivity contribution is -0.158. The van der Waals surface area contributed by atoms with Crippen LogP contribution in [0.15, 0.2) is 30.3 Å².